The molecule has 0 fully saturated rings. The van der Waals surface area contributed by atoms with Crippen molar-refractivity contribution in [2.45, 2.75) is 6.61 Å². The molecule has 2 rings (SSSR count). The molecule has 2 aromatic heterocycles. The van der Waals surface area contributed by atoms with Crippen LogP contribution in [0.5, 0.6) is 5.88 Å². The Balaban J connectivity index is 2.28. The number of aromatic amines is 1. The number of ether oxygens (including phenoxy) is 1. The number of hydrogen-bond donors (Lipinski definition) is 2. The lowest BCUT2D eigenvalue weighted by atomic mass is 10.4. The number of methoxy groups -OCH3 is 1. The van der Waals surface area contributed by atoms with Gasteiger partial charge in [-0.15, -0.1) is 10.2 Å². The SMILES string of the molecule is COc1ccc(-c2ncc(CO)[nH]2)nn1. The number of nitrogens with zero attached hydrogens (tertiary/aromatic N) is 3. The summed E-state index contributed by atoms with van der Waals surface area (Å²) in [7, 11) is 1.53. The van der Waals surface area contributed by atoms with Gasteiger partial charge in [-0.1, -0.05) is 0 Å². The van der Waals surface area contributed by atoms with Crippen LogP contribution in [0.4, 0.5) is 0 Å². The van der Waals surface area contributed by atoms with Crippen molar-refractivity contribution in [3.8, 4) is 17.4 Å². The zero-order valence-electron chi connectivity index (χ0n) is 8.14. The largest absolute Gasteiger partial charge is 0.480 e. The molecule has 2 N–H and O–H groups in total. The standard InChI is InChI=1S/C9H10N4O2/c1-15-8-3-2-7(12-13-8)9-10-4-6(5-14)11-9/h2-4,14H,5H2,1H3,(H,10,11). The summed E-state index contributed by atoms with van der Waals surface area (Å²) in [4.78, 5) is 6.97. The van der Waals surface area contributed by atoms with E-state index >= 15 is 0 Å². The van der Waals surface area contributed by atoms with Gasteiger partial charge in [-0.25, -0.2) is 4.98 Å². The third-order valence-corrected chi connectivity index (χ3v) is 1.89. The van der Waals surface area contributed by atoms with Gasteiger partial charge in [0.25, 0.3) is 0 Å². The lowest BCUT2D eigenvalue weighted by molar-refractivity contribution is 0.277. The second kappa shape index (κ2) is 4.05. The summed E-state index contributed by atoms with van der Waals surface area (Å²) < 4.78 is 4.89. The molecule has 0 unspecified atom stereocenters. The molecule has 2 aromatic rings. The fourth-order valence-corrected chi connectivity index (χ4v) is 1.12. The zero-order valence-corrected chi connectivity index (χ0v) is 8.14. The molecule has 0 aromatic carbocycles. The number of aliphatic hydroxyl groups excluding tert-OH is 1. The van der Waals surface area contributed by atoms with Crippen molar-refractivity contribution in [1.29, 1.82) is 0 Å². The highest BCUT2D eigenvalue weighted by molar-refractivity contribution is 5.48. The minimum Gasteiger partial charge on any atom is -0.480 e. The Kier molecular flexibility index (Phi) is 2.59. The highest BCUT2D eigenvalue weighted by Crippen LogP contribution is 2.13. The minimum absolute atomic E-state index is 0.0728. The van der Waals surface area contributed by atoms with E-state index in [1.54, 1.807) is 18.3 Å². The van der Waals surface area contributed by atoms with Crippen LogP contribution in [0, 0.1) is 0 Å². The van der Waals surface area contributed by atoms with Crippen molar-refractivity contribution in [2.75, 3.05) is 7.11 Å². The number of aromatic nitrogens is 4. The lowest BCUT2D eigenvalue weighted by Crippen LogP contribution is -1.93. The Hall–Kier alpha value is -1.95. The molecule has 0 bridgehead atoms. The maximum atomic E-state index is 8.85. The topological polar surface area (TPSA) is 83.9 Å². The number of nitrogens with one attached hydrogen (secondary N) is 1. The first-order chi connectivity index (χ1) is 7.33. The van der Waals surface area contributed by atoms with Crippen LogP contribution in [0.3, 0.4) is 0 Å². The van der Waals surface area contributed by atoms with Crippen molar-refractivity contribution in [2.24, 2.45) is 0 Å². The zero-order chi connectivity index (χ0) is 10.7. The molecular weight excluding hydrogens is 196 g/mol. The maximum Gasteiger partial charge on any atom is 0.233 e. The molecule has 0 saturated heterocycles. The normalized spacial score (nSPS) is 10.3. The van der Waals surface area contributed by atoms with Crippen LogP contribution in [-0.4, -0.2) is 32.4 Å². The molecule has 0 aliphatic rings. The molecule has 2 heterocycles. The van der Waals surface area contributed by atoms with Crippen LogP contribution < -0.4 is 4.74 Å². The summed E-state index contributed by atoms with van der Waals surface area (Å²) in [5.41, 5.74) is 1.25. The van der Waals surface area contributed by atoms with Crippen LogP contribution in [0.2, 0.25) is 0 Å². The Morgan fingerprint density at radius 2 is 2.27 bits per heavy atom. The predicted molar refractivity (Wildman–Crippen MR) is 52.1 cm³/mol. The van der Waals surface area contributed by atoms with Crippen molar-refractivity contribution < 1.29 is 9.84 Å². The summed E-state index contributed by atoms with van der Waals surface area (Å²) in [6, 6.07) is 3.44. The summed E-state index contributed by atoms with van der Waals surface area (Å²) in [5, 5.41) is 16.6. The van der Waals surface area contributed by atoms with E-state index in [4.69, 9.17) is 9.84 Å². The monoisotopic (exact) mass is 206 g/mol. The molecule has 78 valence electrons. The van der Waals surface area contributed by atoms with E-state index in [1.165, 1.54) is 7.11 Å². The maximum absolute atomic E-state index is 8.85. The van der Waals surface area contributed by atoms with Crippen molar-refractivity contribution in [3.05, 3.63) is 24.0 Å². The van der Waals surface area contributed by atoms with Crippen LogP contribution in [0.25, 0.3) is 11.5 Å². The fraction of sp³-hybridized carbons (Fsp3) is 0.222. The highest BCUT2D eigenvalue weighted by atomic mass is 16.5. The van der Waals surface area contributed by atoms with Crippen molar-refractivity contribution in [3.63, 3.8) is 0 Å². The molecule has 0 aliphatic heterocycles. The van der Waals surface area contributed by atoms with Gasteiger partial charge in [0, 0.05) is 6.07 Å². The van der Waals surface area contributed by atoms with Gasteiger partial charge in [0.05, 0.1) is 25.6 Å². The number of aliphatic hydroxyl groups is 1. The average Bonchev–Trinajstić information content (AvgIpc) is 2.78. The Labute approximate surface area is 86.0 Å². The first-order valence-electron chi connectivity index (χ1n) is 4.36. The number of rotatable bonds is 3. The van der Waals surface area contributed by atoms with E-state index in [0.29, 0.717) is 23.1 Å². The molecule has 6 heteroatoms. The van der Waals surface area contributed by atoms with Crippen LogP contribution in [0.1, 0.15) is 5.69 Å². The number of H-pyrrole nitrogens is 1. The quantitative estimate of drug-likeness (QED) is 0.757. The van der Waals surface area contributed by atoms with Crippen LogP contribution in [0.15, 0.2) is 18.3 Å². The molecule has 6 nitrogen and oxygen atoms in total. The second-order valence-electron chi connectivity index (χ2n) is 2.88. The van der Waals surface area contributed by atoms with E-state index < -0.39 is 0 Å². The summed E-state index contributed by atoms with van der Waals surface area (Å²) >= 11 is 0. The van der Waals surface area contributed by atoms with Gasteiger partial charge in [-0.3, -0.25) is 0 Å². The second-order valence-corrected chi connectivity index (χ2v) is 2.88. The fourth-order valence-electron chi connectivity index (χ4n) is 1.12. The van der Waals surface area contributed by atoms with Crippen molar-refractivity contribution >= 4 is 0 Å². The molecule has 15 heavy (non-hydrogen) atoms. The van der Waals surface area contributed by atoms with Gasteiger partial charge < -0.3 is 14.8 Å². The summed E-state index contributed by atoms with van der Waals surface area (Å²) in [6.07, 6.45) is 1.56. The van der Waals surface area contributed by atoms with Gasteiger partial charge in [0.15, 0.2) is 5.82 Å². The third kappa shape index (κ3) is 1.94. The minimum atomic E-state index is -0.0728. The average molecular weight is 206 g/mol. The molecule has 0 spiro atoms. The van der Waals surface area contributed by atoms with E-state index in [2.05, 4.69) is 20.2 Å². The predicted octanol–water partition coefficient (Wildman–Crippen LogP) is 0.368. The van der Waals surface area contributed by atoms with Crippen LogP contribution in [-0.2, 0) is 6.61 Å². The first-order valence-corrected chi connectivity index (χ1v) is 4.36. The van der Waals surface area contributed by atoms with Gasteiger partial charge >= 0.3 is 0 Å². The van der Waals surface area contributed by atoms with Gasteiger partial charge in [-0.2, -0.15) is 0 Å². The summed E-state index contributed by atoms with van der Waals surface area (Å²) in [6.45, 7) is -0.0728. The highest BCUT2D eigenvalue weighted by Gasteiger charge is 2.05. The van der Waals surface area contributed by atoms with Gasteiger partial charge in [0.2, 0.25) is 5.88 Å². The van der Waals surface area contributed by atoms with Crippen molar-refractivity contribution in [1.82, 2.24) is 20.2 Å². The molecule has 0 aliphatic carbocycles. The molecule has 0 radical (unpaired) electrons. The van der Waals surface area contributed by atoms with Gasteiger partial charge in [-0.05, 0) is 6.07 Å². The number of hydrogen-bond acceptors (Lipinski definition) is 5. The molecule has 0 amide bonds. The van der Waals surface area contributed by atoms with E-state index in [9.17, 15) is 0 Å². The number of imidazole rings is 1. The Morgan fingerprint density at radius 3 is 2.80 bits per heavy atom. The third-order valence-electron chi connectivity index (χ3n) is 1.89. The van der Waals surface area contributed by atoms with Gasteiger partial charge in [0.1, 0.15) is 5.69 Å². The van der Waals surface area contributed by atoms with E-state index in [-0.39, 0.29) is 6.61 Å². The molecule has 0 atom stereocenters. The first kappa shape index (κ1) is 9.60. The van der Waals surface area contributed by atoms with Crippen LogP contribution >= 0.6 is 0 Å². The molecule has 0 saturated carbocycles. The lowest BCUT2D eigenvalue weighted by Gasteiger charge is -1.97. The van der Waals surface area contributed by atoms with E-state index in [1.807, 2.05) is 0 Å². The smallest absolute Gasteiger partial charge is 0.233 e. The van der Waals surface area contributed by atoms with E-state index in [0.717, 1.165) is 0 Å². The molecular formula is C9H10N4O2. The summed E-state index contributed by atoms with van der Waals surface area (Å²) in [5.74, 6) is 1.03. The Bertz CT molecular complexity index is 438. The Morgan fingerprint density at radius 1 is 1.40 bits per heavy atom.